The molecule has 0 saturated heterocycles. The van der Waals surface area contributed by atoms with Gasteiger partial charge in [-0.1, -0.05) is 95.2 Å². The van der Waals surface area contributed by atoms with Gasteiger partial charge in [0.15, 0.2) is 0 Å². The van der Waals surface area contributed by atoms with Crippen LogP contribution >= 0.6 is 0 Å². The van der Waals surface area contributed by atoms with E-state index in [2.05, 4.69) is 22.1 Å². The van der Waals surface area contributed by atoms with Crippen molar-refractivity contribution >= 4 is 23.9 Å². The maximum Gasteiger partial charge on any atom is 2.00 e. The van der Waals surface area contributed by atoms with E-state index < -0.39 is 45.5 Å². The first-order chi connectivity index (χ1) is 19.3. The number of aryl methyl sites for hydroxylation is 4. The van der Waals surface area contributed by atoms with Crippen molar-refractivity contribution in [2.75, 3.05) is 0 Å². The smallest absolute Gasteiger partial charge is 0.550 e. The maximum atomic E-state index is 9.91. The van der Waals surface area contributed by atoms with Gasteiger partial charge >= 0.3 is 33.0 Å². The van der Waals surface area contributed by atoms with E-state index in [0.717, 1.165) is 11.4 Å². The predicted molar refractivity (Wildman–Crippen MR) is 165 cm³/mol. The van der Waals surface area contributed by atoms with Crippen LogP contribution in [0.3, 0.4) is 0 Å². The molecule has 2 rings (SSSR count). The van der Waals surface area contributed by atoms with Gasteiger partial charge in [0.1, 0.15) is 0 Å². The summed E-state index contributed by atoms with van der Waals surface area (Å²) >= 11 is 0. The molecular formula is C34H54N2Ni2O8. The zero-order valence-corrected chi connectivity index (χ0v) is 32.2. The number of carbonyl (C=O) groups is 4. The molecule has 46 heavy (non-hydrogen) atoms. The number of nitrogens with zero attached hydrogens (tertiary/aromatic N) is 2. The van der Waals surface area contributed by atoms with Crippen molar-refractivity contribution in [2.45, 2.75) is 111 Å². The average Bonchev–Trinajstić information content (AvgIpc) is 2.82. The summed E-state index contributed by atoms with van der Waals surface area (Å²) in [5.41, 5.74) is 1.82. The maximum absolute atomic E-state index is 9.91. The Balaban J connectivity index is -0.000000104. The second-order valence-corrected chi connectivity index (χ2v) is 14.1. The molecule has 0 aromatic carbocycles. The fourth-order valence-electron chi connectivity index (χ4n) is 1.08. The van der Waals surface area contributed by atoms with Crippen molar-refractivity contribution in [3.8, 4) is 0 Å². The Morgan fingerprint density at radius 1 is 0.435 bits per heavy atom. The first-order valence-electron chi connectivity index (χ1n) is 14.0. The van der Waals surface area contributed by atoms with E-state index in [1.54, 1.807) is 83.1 Å². The van der Waals surface area contributed by atoms with Gasteiger partial charge in [-0.3, -0.25) is 9.97 Å². The molecule has 0 saturated carbocycles. The molecular weight excluding hydrogens is 682 g/mol. The first kappa shape index (κ1) is 55.6. The van der Waals surface area contributed by atoms with Crippen LogP contribution in [-0.4, -0.2) is 33.8 Å². The summed E-state index contributed by atoms with van der Waals surface area (Å²) in [6, 6.07) is 8.13. The van der Waals surface area contributed by atoms with E-state index in [1.165, 1.54) is 11.1 Å². The molecule has 0 aliphatic heterocycles. The molecule has 0 aliphatic carbocycles. The normalized spacial score (nSPS) is 10.1. The Bertz CT molecular complexity index is 943. The summed E-state index contributed by atoms with van der Waals surface area (Å²) in [6.45, 7) is 27.2. The van der Waals surface area contributed by atoms with E-state index in [0.29, 0.717) is 0 Å². The summed E-state index contributed by atoms with van der Waals surface area (Å²) in [7, 11) is 0. The number of hydrogen-bond acceptors (Lipinski definition) is 10. The summed E-state index contributed by atoms with van der Waals surface area (Å²) in [4.78, 5) is 47.8. The Morgan fingerprint density at radius 3 is 0.652 bits per heavy atom. The molecule has 0 bridgehead atoms. The van der Waals surface area contributed by atoms with Gasteiger partial charge in [0.05, 0.1) is 0 Å². The van der Waals surface area contributed by atoms with Gasteiger partial charge in [0.25, 0.3) is 0 Å². The fourth-order valence-corrected chi connectivity index (χ4v) is 1.08. The van der Waals surface area contributed by atoms with Gasteiger partial charge in [-0.05, 0) is 51.0 Å². The third-order valence-electron chi connectivity index (χ3n) is 4.57. The van der Waals surface area contributed by atoms with Gasteiger partial charge in [-0.2, -0.15) is 0 Å². The first-order valence-corrected chi connectivity index (χ1v) is 14.0. The Morgan fingerprint density at radius 2 is 0.587 bits per heavy atom. The largest absolute Gasteiger partial charge is 2.00 e. The predicted octanol–water partition coefficient (Wildman–Crippen LogP) is 2.52. The molecule has 0 unspecified atom stereocenters. The number of pyridine rings is 2. The van der Waals surface area contributed by atoms with Crippen molar-refractivity contribution in [1.29, 1.82) is 0 Å². The number of aliphatic carboxylic acids is 4. The van der Waals surface area contributed by atoms with Crippen molar-refractivity contribution in [3.63, 3.8) is 0 Å². The molecule has 0 radical (unpaired) electrons. The van der Waals surface area contributed by atoms with Crippen LogP contribution in [0.1, 0.15) is 106 Å². The van der Waals surface area contributed by atoms with Crippen molar-refractivity contribution in [2.24, 2.45) is 21.7 Å². The third kappa shape index (κ3) is 39.2. The monoisotopic (exact) mass is 734 g/mol. The summed E-state index contributed by atoms with van der Waals surface area (Å²) in [5, 5.41) is 39.6. The second kappa shape index (κ2) is 25.3. The molecule has 0 spiro atoms. The zero-order valence-electron chi connectivity index (χ0n) is 30.3. The summed E-state index contributed by atoms with van der Waals surface area (Å²) in [6.07, 6.45) is 3.74. The van der Waals surface area contributed by atoms with Gasteiger partial charge in [0.2, 0.25) is 0 Å². The van der Waals surface area contributed by atoms with Crippen LogP contribution in [0.15, 0.2) is 36.7 Å². The standard InChI is InChI=1S/2C7H9N.4C5H10O2.2Ni/c2*1-6-3-4-7(2)8-5-6;4*1-5(2,3)4(6)7;;/h2*3-5H,1-2H3;4*1-3H3,(H,6,7);;/q;;;;;;2*+2/p-4. The quantitative estimate of drug-likeness (QED) is 0.364. The number of aromatic nitrogens is 2. The number of hydrogen-bond donors (Lipinski definition) is 0. The zero-order chi connectivity index (χ0) is 36.3. The molecule has 0 N–H and O–H groups in total. The van der Waals surface area contributed by atoms with Crippen LogP contribution in [0.2, 0.25) is 0 Å². The fraction of sp³-hybridized carbons (Fsp3) is 0.588. The van der Waals surface area contributed by atoms with Crippen LogP contribution in [-0.2, 0) is 52.2 Å². The van der Waals surface area contributed by atoms with E-state index in [1.807, 2.05) is 52.2 Å². The topological polar surface area (TPSA) is 186 Å². The van der Waals surface area contributed by atoms with E-state index in [-0.39, 0.29) is 33.0 Å². The molecule has 2 heterocycles. The minimum Gasteiger partial charge on any atom is -0.550 e. The van der Waals surface area contributed by atoms with Crippen LogP contribution in [0.25, 0.3) is 0 Å². The van der Waals surface area contributed by atoms with E-state index >= 15 is 0 Å². The molecule has 268 valence electrons. The molecule has 0 aliphatic rings. The third-order valence-corrected chi connectivity index (χ3v) is 4.57. The molecule has 12 heteroatoms. The van der Waals surface area contributed by atoms with E-state index in [9.17, 15) is 39.6 Å². The van der Waals surface area contributed by atoms with Gasteiger partial charge in [-0.25, -0.2) is 0 Å². The molecule has 0 atom stereocenters. The second-order valence-electron chi connectivity index (χ2n) is 14.1. The Kier molecular flexibility index (Phi) is 30.5. The number of carboxylic acid groups (broad SMARTS) is 4. The summed E-state index contributed by atoms with van der Waals surface area (Å²) < 4.78 is 0. The van der Waals surface area contributed by atoms with Crippen LogP contribution in [0.5, 0.6) is 0 Å². The Hall–Kier alpha value is -2.83. The van der Waals surface area contributed by atoms with Crippen LogP contribution in [0, 0.1) is 49.4 Å². The van der Waals surface area contributed by atoms with E-state index in [4.69, 9.17) is 0 Å². The van der Waals surface area contributed by atoms with Gasteiger partial charge in [0, 0.05) is 69.3 Å². The van der Waals surface area contributed by atoms with Crippen molar-refractivity contribution in [1.82, 2.24) is 9.97 Å². The molecule has 10 nitrogen and oxygen atoms in total. The van der Waals surface area contributed by atoms with Crippen LogP contribution in [0.4, 0.5) is 0 Å². The van der Waals surface area contributed by atoms with Gasteiger partial charge < -0.3 is 39.6 Å². The minimum atomic E-state index is -1.01. The molecule has 0 amide bonds. The van der Waals surface area contributed by atoms with Crippen LogP contribution < -0.4 is 20.4 Å². The number of carboxylic acids is 4. The molecule has 0 fully saturated rings. The van der Waals surface area contributed by atoms with Crippen molar-refractivity contribution < 1.29 is 72.6 Å². The van der Waals surface area contributed by atoms with Gasteiger partial charge in [-0.15, -0.1) is 0 Å². The summed E-state index contributed by atoms with van der Waals surface area (Å²) in [5.74, 6) is -4.03. The average molecular weight is 736 g/mol. The van der Waals surface area contributed by atoms with Crippen molar-refractivity contribution in [3.05, 3.63) is 59.2 Å². The minimum absolute atomic E-state index is 0. The Labute approximate surface area is 297 Å². The SMILES string of the molecule is CC(C)(C)C(=O)[O-].CC(C)(C)C(=O)[O-].CC(C)(C)C(=O)[O-].CC(C)(C)C(=O)[O-].Cc1ccc(C)nc1.Cc1ccc(C)nc1.[Ni+2].[Ni+2]. The molecule has 2 aromatic heterocycles. The molecule has 2 aromatic rings. The number of rotatable bonds is 0. The number of carbonyl (C=O) groups excluding carboxylic acids is 4.